The molecule has 0 bridgehead atoms. The minimum Gasteiger partial charge on any atom is -0.370 e. The van der Waals surface area contributed by atoms with E-state index in [1.807, 2.05) is 6.20 Å². The molecule has 2 unspecified atom stereocenters. The maximum atomic E-state index is 5.97. The Balaban J connectivity index is 2.03. The molecule has 0 spiro atoms. The molecule has 0 aromatic carbocycles. The summed E-state index contributed by atoms with van der Waals surface area (Å²) in [5, 5.41) is 0. The smallest absolute Gasteiger partial charge is 0.0572 e. The summed E-state index contributed by atoms with van der Waals surface area (Å²) in [5.41, 5.74) is 8.21. The first-order valence-electron chi connectivity index (χ1n) is 6.71. The molecule has 0 aliphatic carbocycles. The second-order valence-electron chi connectivity index (χ2n) is 4.96. The molecule has 94 valence electrons. The van der Waals surface area contributed by atoms with Crippen molar-refractivity contribution >= 4 is 5.69 Å². The van der Waals surface area contributed by atoms with Gasteiger partial charge in [-0.2, -0.15) is 0 Å². The van der Waals surface area contributed by atoms with Crippen LogP contribution in [0.15, 0.2) is 18.3 Å². The lowest BCUT2D eigenvalue weighted by atomic mass is 10.1. The maximum absolute atomic E-state index is 5.97. The molecule has 3 heteroatoms. The van der Waals surface area contributed by atoms with Gasteiger partial charge in [-0.05, 0) is 30.9 Å². The summed E-state index contributed by atoms with van der Waals surface area (Å²) in [6, 6.07) is 4.31. The van der Waals surface area contributed by atoms with Crippen LogP contribution in [0.3, 0.4) is 0 Å². The molecule has 17 heavy (non-hydrogen) atoms. The van der Waals surface area contributed by atoms with Gasteiger partial charge >= 0.3 is 0 Å². The Bertz CT molecular complexity index is 347. The third kappa shape index (κ3) is 2.78. The fourth-order valence-electron chi connectivity index (χ4n) is 2.41. The van der Waals surface area contributed by atoms with Gasteiger partial charge in [0.1, 0.15) is 0 Å². The van der Waals surface area contributed by atoms with Crippen LogP contribution in [-0.2, 0) is 0 Å². The average molecular weight is 233 g/mol. The third-order valence-corrected chi connectivity index (χ3v) is 3.82. The Morgan fingerprint density at radius 1 is 1.47 bits per heavy atom. The molecule has 1 saturated heterocycles. The van der Waals surface area contributed by atoms with Crippen molar-refractivity contribution in [2.45, 2.75) is 39.2 Å². The van der Waals surface area contributed by atoms with Crippen molar-refractivity contribution in [1.29, 1.82) is 0 Å². The standard InChI is InChI=1S/C14H23N3/c1-3-11-7-8-17(10-11)12-5-6-14(16-9-12)13(15)4-2/h5-6,9,11,13H,3-4,7-8,10,15H2,1-2H3. The van der Waals surface area contributed by atoms with Gasteiger partial charge in [-0.15, -0.1) is 0 Å². The topological polar surface area (TPSA) is 42.1 Å². The van der Waals surface area contributed by atoms with Crippen LogP contribution < -0.4 is 10.6 Å². The summed E-state index contributed by atoms with van der Waals surface area (Å²) in [5.74, 6) is 0.854. The van der Waals surface area contributed by atoms with Crippen LogP contribution in [0.4, 0.5) is 5.69 Å². The zero-order valence-corrected chi connectivity index (χ0v) is 10.9. The van der Waals surface area contributed by atoms with Crippen molar-refractivity contribution < 1.29 is 0 Å². The molecule has 1 fully saturated rings. The van der Waals surface area contributed by atoms with Gasteiger partial charge in [0.15, 0.2) is 0 Å². The van der Waals surface area contributed by atoms with Crippen molar-refractivity contribution in [3.8, 4) is 0 Å². The van der Waals surface area contributed by atoms with Crippen LogP contribution in [0.1, 0.15) is 44.8 Å². The number of hydrogen-bond acceptors (Lipinski definition) is 3. The van der Waals surface area contributed by atoms with Crippen LogP contribution in [0.25, 0.3) is 0 Å². The first kappa shape index (κ1) is 12.4. The SMILES string of the molecule is CCC1CCN(c2ccc(C(N)CC)nc2)C1. The lowest BCUT2D eigenvalue weighted by Crippen LogP contribution is -2.20. The van der Waals surface area contributed by atoms with E-state index in [0.29, 0.717) is 0 Å². The highest BCUT2D eigenvalue weighted by Crippen LogP contribution is 2.25. The van der Waals surface area contributed by atoms with Crippen molar-refractivity contribution in [2.24, 2.45) is 11.7 Å². The molecule has 0 radical (unpaired) electrons. The summed E-state index contributed by atoms with van der Waals surface area (Å²) in [6.07, 6.45) is 5.51. The van der Waals surface area contributed by atoms with Gasteiger partial charge < -0.3 is 10.6 Å². The predicted molar refractivity (Wildman–Crippen MR) is 72.1 cm³/mol. The van der Waals surface area contributed by atoms with Crippen molar-refractivity contribution in [3.63, 3.8) is 0 Å². The molecule has 0 amide bonds. The lowest BCUT2D eigenvalue weighted by Gasteiger charge is -2.19. The molecule has 2 heterocycles. The Morgan fingerprint density at radius 2 is 2.29 bits per heavy atom. The number of pyridine rings is 1. The van der Waals surface area contributed by atoms with Gasteiger partial charge in [-0.1, -0.05) is 20.3 Å². The second kappa shape index (κ2) is 5.50. The molecule has 2 rings (SSSR count). The molecular formula is C14H23N3. The average Bonchev–Trinajstić information content (AvgIpc) is 2.87. The first-order valence-corrected chi connectivity index (χ1v) is 6.71. The number of aromatic nitrogens is 1. The van der Waals surface area contributed by atoms with E-state index in [1.165, 1.54) is 31.6 Å². The zero-order valence-electron chi connectivity index (χ0n) is 10.9. The minimum atomic E-state index is 0.0750. The van der Waals surface area contributed by atoms with Gasteiger partial charge in [-0.25, -0.2) is 0 Å². The molecular weight excluding hydrogens is 210 g/mol. The van der Waals surface area contributed by atoms with Gasteiger partial charge in [0.25, 0.3) is 0 Å². The second-order valence-corrected chi connectivity index (χ2v) is 4.96. The van der Waals surface area contributed by atoms with E-state index in [9.17, 15) is 0 Å². The predicted octanol–water partition coefficient (Wildman–Crippen LogP) is 2.73. The van der Waals surface area contributed by atoms with E-state index < -0.39 is 0 Å². The van der Waals surface area contributed by atoms with Crippen LogP contribution in [0, 0.1) is 5.92 Å². The number of rotatable bonds is 4. The molecule has 1 aliphatic rings. The summed E-state index contributed by atoms with van der Waals surface area (Å²) in [7, 11) is 0. The van der Waals surface area contributed by atoms with E-state index in [0.717, 1.165) is 18.0 Å². The quantitative estimate of drug-likeness (QED) is 0.869. The lowest BCUT2D eigenvalue weighted by molar-refractivity contribution is 0.569. The van der Waals surface area contributed by atoms with Crippen LogP contribution >= 0.6 is 0 Å². The fourth-order valence-corrected chi connectivity index (χ4v) is 2.41. The van der Waals surface area contributed by atoms with Crippen LogP contribution in [0.5, 0.6) is 0 Å². The van der Waals surface area contributed by atoms with Gasteiger partial charge in [0.05, 0.1) is 17.6 Å². The summed E-state index contributed by atoms with van der Waals surface area (Å²) >= 11 is 0. The molecule has 3 nitrogen and oxygen atoms in total. The summed E-state index contributed by atoms with van der Waals surface area (Å²) < 4.78 is 0. The molecule has 1 aromatic rings. The molecule has 2 N–H and O–H groups in total. The maximum Gasteiger partial charge on any atom is 0.0572 e. The monoisotopic (exact) mass is 233 g/mol. The number of nitrogens with two attached hydrogens (primary N) is 1. The zero-order chi connectivity index (χ0) is 12.3. The van der Waals surface area contributed by atoms with Crippen molar-refractivity contribution in [1.82, 2.24) is 4.98 Å². The molecule has 1 aliphatic heterocycles. The molecule has 1 aromatic heterocycles. The largest absolute Gasteiger partial charge is 0.370 e. The Labute approximate surface area is 104 Å². The van der Waals surface area contributed by atoms with E-state index in [4.69, 9.17) is 5.73 Å². The van der Waals surface area contributed by atoms with Gasteiger partial charge in [0.2, 0.25) is 0 Å². The Morgan fingerprint density at radius 3 is 2.82 bits per heavy atom. The van der Waals surface area contributed by atoms with Crippen molar-refractivity contribution in [2.75, 3.05) is 18.0 Å². The number of nitrogens with zero attached hydrogens (tertiary/aromatic N) is 2. The number of hydrogen-bond donors (Lipinski definition) is 1. The molecule has 2 atom stereocenters. The summed E-state index contributed by atoms with van der Waals surface area (Å²) in [4.78, 5) is 6.91. The van der Waals surface area contributed by atoms with Crippen molar-refractivity contribution in [3.05, 3.63) is 24.0 Å². The van der Waals surface area contributed by atoms with E-state index >= 15 is 0 Å². The Hall–Kier alpha value is -1.09. The fraction of sp³-hybridized carbons (Fsp3) is 0.643. The third-order valence-electron chi connectivity index (χ3n) is 3.82. The molecule has 0 saturated carbocycles. The number of anilines is 1. The van der Waals surface area contributed by atoms with E-state index in [1.54, 1.807) is 0 Å². The van der Waals surface area contributed by atoms with E-state index in [-0.39, 0.29) is 6.04 Å². The van der Waals surface area contributed by atoms with Gasteiger partial charge in [-0.3, -0.25) is 4.98 Å². The summed E-state index contributed by atoms with van der Waals surface area (Å²) in [6.45, 7) is 6.71. The van der Waals surface area contributed by atoms with Gasteiger partial charge in [0, 0.05) is 19.1 Å². The highest BCUT2D eigenvalue weighted by Gasteiger charge is 2.21. The van der Waals surface area contributed by atoms with Crippen LogP contribution in [0.2, 0.25) is 0 Å². The highest BCUT2D eigenvalue weighted by atomic mass is 15.2. The highest BCUT2D eigenvalue weighted by molar-refractivity contribution is 5.45. The van der Waals surface area contributed by atoms with Crippen LogP contribution in [-0.4, -0.2) is 18.1 Å². The normalized spacial score (nSPS) is 21.8. The minimum absolute atomic E-state index is 0.0750. The van der Waals surface area contributed by atoms with E-state index in [2.05, 4.69) is 35.9 Å². The first-order chi connectivity index (χ1) is 8.24. The Kier molecular flexibility index (Phi) is 4.00.